The third-order valence-electron chi connectivity index (χ3n) is 4.29. The lowest BCUT2D eigenvalue weighted by Gasteiger charge is -2.28. The van der Waals surface area contributed by atoms with E-state index in [1.165, 1.54) is 12.8 Å². The molecule has 0 saturated heterocycles. The van der Waals surface area contributed by atoms with E-state index < -0.39 is 0 Å². The van der Waals surface area contributed by atoms with E-state index in [4.69, 9.17) is 10.5 Å². The predicted molar refractivity (Wildman–Crippen MR) is 82.0 cm³/mol. The van der Waals surface area contributed by atoms with Crippen LogP contribution < -0.4 is 10.5 Å². The lowest BCUT2D eigenvalue weighted by molar-refractivity contribution is 0.316. The first kappa shape index (κ1) is 13.3. The van der Waals surface area contributed by atoms with Crippen molar-refractivity contribution >= 4 is 17.0 Å². The molecule has 0 radical (unpaired) electrons. The summed E-state index contributed by atoms with van der Waals surface area (Å²) >= 11 is 0. The molecule has 1 aliphatic carbocycles. The second-order valence-corrected chi connectivity index (χ2v) is 6.21. The number of imidazole rings is 1. The number of nitrogens with zero attached hydrogens (tertiary/aromatic N) is 2. The standard InChI is InChI=1S/C16H23N3O/c1-4-10-20-13-7-5-6-12-14(13)18-15(17)19(12)16(2,3)11-8-9-11/h5-7,11H,4,8-10H2,1-3H3,(H2,17,18). The SMILES string of the molecule is CCCOc1cccc2c1nc(N)n2C(C)(C)C1CC1. The van der Waals surface area contributed by atoms with Crippen molar-refractivity contribution in [2.24, 2.45) is 5.92 Å². The normalized spacial score (nSPS) is 15.8. The fourth-order valence-electron chi connectivity index (χ4n) is 3.00. The van der Waals surface area contributed by atoms with E-state index in [1.807, 2.05) is 12.1 Å². The summed E-state index contributed by atoms with van der Waals surface area (Å²) in [5.41, 5.74) is 8.17. The molecule has 0 amide bonds. The van der Waals surface area contributed by atoms with Crippen LogP contribution in [0.25, 0.3) is 11.0 Å². The number of nitrogens with two attached hydrogens (primary N) is 1. The summed E-state index contributed by atoms with van der Waals surface area (Å²) in [6.45, 7) is 7.31. The largest absolute Gasteiger partial charge is 0.491 e. The molecular weight excluding hydrogens is 250 g/mol. The van der Waals surface area contributed by atoms with Crippen LogP contribution in [-0.4, -0.2) is 16.2 Å². The highest BCUT2D eigenvalue weighted by molar-refractivity contribution is 5.84. The van der Waals surface area contributed by atoms with Crippen LogP contribution in [0.2, 0.25) is 0 Å². The van der Waals surface area contributed by atoms with Gasteiger partial charge in [0.25, 0.3) is 0 Å². The first-order valence-corrected chi connectivity index (χ1v) is 7.46. The van der Waals surface area contributed by atoms with Gasteiger partial charge in [-0.2, -0.15) is 0 Å². The van der Waals surface area contributed by atoms with Gasteiger partial charge in [0.15, 0.2) is 0 Å². The molecule has 1 aromatic heterocycles. The van der Waals surface area contributed by atoms with Gasteiger partial charge in [0.2, 0.25) is 5.95 Å². The quantitative estimate of drug-likeness (QED) is 0.906. The van der Waals surface area contributed by atoms with Crippen molar-refractivity contribution < 1.29 is 4.74 Å². The molecule has 0 spiro atoms. The van der Waals surface area contributed by atoms with E-state index in [9.17, 15) is 0 Å². The van der Waals surface area contributed by atoms with Gasteiger partial charge >= 0.3 is 0 Å². The van der Waals surface area contributed by atoms with Gasteiger partial charge in [0.05, 0.1) is 12.1 Å². The molecule has 0 unspecified atom stereocenters. The zero-order valence-corrected chi connectivity index (χ0v) is 12.5. The Morgan fingerprint density at radius 2 is 2.15 bits per heavy atom. The minimum absolute atomic E-state index is 0.0161. The van der Waals surface area contributed by atoms with Crippen LogP contribution in [0.1, 0.15) is 40.0 Å². The molecule has 2 N–H and O–H groups in total. The van der Waals surface area contributed by atoms with Gasteiger partial charge in [-0.25, -0.2) is 4.98 Å². The summed E-state index contributed by atoms with van der Waals surface area (Å²) < 4.78 is 7.97. The molecule has 4 heteroatoms. The Balaban J connectivity index is 2.11. The summed E-state index contributed by atoms with van der Waals surface area (Å²) in [5, 5.41) is 0. The molecule has 0 aliphatic heterocycles. The highest BCUT2D eigenvalue weighted by atomic mass is 16.5. The number of anilines is 1. The van der Waals surface area contributed by atoms with Crippen LogP contribution in [-0.2, 0) is 5.54 Å². The smallest absolute Gasteiger partial charge is 0.201 e. The molecular formula is C16H23N3O. The minimum Gasteiger partial charge on any atom is -0.491 e. The molecule has 1 aromatic carbocycles. The molecule has 108 valence electrons. The third kappa shape index (κ3) is 2.03. The Hall–Kier alpha value is -1.71. The van der Waals surface area contributed by atoms with E-state index in [2.05, 4.69) is 36.4 Å². The maximum absolute atomic E-state index is 6.20. The van der Waals surface area contributed by atoms with E-state index in [0.717, 1.165) is 23.2 Å². The van der Waals surface area contributed by atoms with Gasteiger partial charge in [-0.15, -0.1) is 0 Å². The average molecular weight is 273 g/mol. The highest BCUT2D eigenvalue weighted by Gasteiger charge is 2.41. The number of ether oxygens (including phenoxy) is 1. The summed E-state index contributed by atoms with van der Waals surface area (Å²) in [7, 11) is 0. The van der Waals surface area contributed by atoms with E-state index in [0.29, 0.717) is 18.5 Å². The summed E-state index contributed by atoms with van der Waals surface area (Å²) in [6.07, 6.45) is 3.54. The third-order valence-corrected chi connectivity index (χ3v) is 4.29. The highest BCUT2D eigenvalue weighted by Crippen LogP contribution is 2.46. The maximum Gasteiger partial charge on any atom is 0.201 e. The molecule has 1 saturated carbocycles. The monoisotopic (exact) mass is 273 g/mol. The number of fused-ring (bicyclic) bond motifs is 1. The number of hydrogen-bond acceptors (Lipinski definition) is 3. The van der Waals surface area contributed by atoms with E-state index >= 15 is 0 Å². The molecule has 4 nitrogen and oxygen atoms in total. The van der Waals surface area contributed by atoms with Crippen molar-refractivity contribution in [1.82, 2.24) is 9.55 Å². The maximum atomic E-state index is 6.20. The number of hydrogen-bond donors (Lipinski definition) is 1. The topological polar surface area (TPSA) is 53.1 Å². The Kier molecular flexibility index (Phi) is 3.11. The van der Waals surface area contributed by atoms with Crippen molar-refractivity contribution in [3.05, 3.63) is 18.2 Å². The Morgan fingerprint density at radius 3 is 2.80 bits per heavy atom. The zero-order chi connectivity index (χ0) is 14.3. The van der Waals surface area contributed by atoms with Crippen molar-refractivity contribution in [1.29, 1.82) is 0 Å². The molecule has 1 heterocycles. The first-order chi connectivity index (χ1) is 9.55. The van der Waals surface area contributed by atoms with Crippen molar-refractivity contribution in [3.63, 3.8) is 0 Å². The predicted octanol–water partition coefficient (Wildman–Crippen LogP) is 3.55. The second kappa shape index (κ2) is 4.69. The fraction of sp³-hybridized carbons (Fsp3) is 0.562. The molecule has 0 bridgehead atoms. The molecule has 0 atom stereocenters. The van der Waals surface area contributed by atoms with Gasteiger partial charge < -0.3 is 15.0 Å². The fourth-order valence-corrected chi connectivity index (χ4v) is 3.00. The molecule has 1 aliphatic rings. The lowest BCUT2D eigenvalue weighted by atomic mass is 9.98. The van der Waals surface area contributed by atoms with Crippen LogP contribution >= 0.6 is 0 Å². The Labute approximate surface area is 119 Å². The number of rotatable bonds is 5. The molecule has 1 fully saturated rings. The molecule has 3 rings (SSSR count). The van der Waals surface area contributed by atoms with Gasteiger partial charge in [0.1, 0.15) is 11.3 Å². The number of aromatic nitrogens is 2. The van der Waals surface area contributed by atoms with Crippen LogP contribution in [0.15, 0.2) is 18.2 Å². The van der Waals surface area contributed by atoms with Crippen LogP contribution in [0.4, 0.5) is 5.95 Å². The summed E-state index contributed by atoms with van der Waals surface area (Å²) in [4.78, 5) is 4.56. The van der Waals surface area contributed by atoms with Crippen molar-refractivity contribution in [3.8, 4) is 5.75 Å². The van der Waals surface area contributed by atoms with Gasteiger partial charge in [-0.3, -0.25) is 0 Å². The number of benzene rings is 1. The lowest BCUT2D eigenvalue weighted by Crippen LogP contribution is -2.29. The van der Waals surface area contributed by atoms with Crippen LogP contribution in [0.5, 0.6) is 5.75 Å². The average Bonchev–Trinajstić information content (AvgIpc) is 3.19. The second-order valence-electron chi connectivity index (χ2n) is 6.21. The van der Waals surface area contributed by atoms with Crippen LogP contribution in [0, 0.1) is 5.92 Å². The van der Waals surface area contributed by atoms with Gasteiger partial charge in [0, 0.05) is 5.54 Å². The Morgan fingerprint density at radius 1 is 1.40 bits per heavy atom. The van der Waals surface area contributed by atoms with E-state index in [-0.39, 0.29) is 5.54 Å². The molecule has 20 heavy (non-hydrogen) atoms. The first-order valence-electron chi connectivity index (χ1n) is 7.46. The van der Waals surface area contributed by atoms with Crippen LogP contribution in [0.3, 0.4) is 0 Å². The van der Waals surface area contributed by atoms with E-state index in [1.54, 1.807) is 0 Å². The van der Waals surface area contributed by atoms with Crippen molar-refractivity contribution in [2.75, 3.05) is 12.3 Å². The van der Waals surface area contributed by atoms with Gasteiger partial charge in [-0.05, 0) is 51.2 Å². The van der Waals surface area contributed by atoms with Gasteiger partial charge in [-0.1, -0.05) is 13.0 Å². The summed E-state index contributed by atoms with van der Waals surface area (Å²) in [6, 6.07) is 6.08. The molecule has 2 aromatic rings. The number of nitrogen functional groups attached to an aromatic ring is 1. The Bertz CT molecular complexity index is 626. The van der Waals surface area contributed by atoms with Crippen molar-refractivity contribution in [2.45, 2.75) is 45.6 Å². The number of para-hydroxylation sites is 1. The zero-order valence-electron chi connectivity index (χ0n) is 12.5. The minimum atomic E-state index is 0.0161. The summed E-state index contributed by atoms with van der Waals surface area (Å²) in [5.74, 6) is 2.12.